The van der Waals surface area contributed by atoms with E-state index < -0.39 is 0 Å². The van der Waals surface area contributed by atoms with Crippen LogP contribution in [0.15, 0.2) is 18.2 Å². The molecule has 0 spiro atoms. The van der Waals surface area contributed by atoms with Crippen LogP contribution >= 0.6 is 11.6 Å². The second-order valence-corrected chi connectivity index (χ2v) is 5.29. The van der Waals surface area contributed by atoms with E-state index in [-0.39, 0.29) is 0 Å². The number of rotatable bonds is 7. The Morgan fingerprint density at radius 3 is 2.65 bits per heavy atom. The van der Waals surface area contributed by atoms with E-state index in [4.69, 9.17) is 11.6 Å². The normalized spacial score (nSPS) is 12.5. The number of unbranched alkanes of at least 4 members (excludes halogenated alkanes) is 3. The van der Waals surface area contributed by atoms with Crippen LogP contribution in [0.25, 0.3) is 0 Å². The molecule has 0 radical (unpaired) electrons. The molecule has 0 fully saturated rings. The van der Waals surface area contributed by atoms with Gasteiger partial charge in [0.1, 0.15) is 0 Å². The Morgan fingerprint density at radius 2 is 2.00 bits per heavy atom. The molecule has 0 amide bonds. The number of hydrogen-bond acceptors (Lipinski definition) is 1. The molecule has 0 heterocycles. The first kappa shape index (κ1) is 14.4. The topological polar surface area (TPSA) is 12.0 Å². The quantitative estimate of drug-likeness (QED) is 0.640. The molecule has 1 atom stereocenters. The predicted molar refractivity (Wildman–Crippen MR) is 78.0 cm³/mol. The zero-order valence-corrected chi connectivity index (χ0v) is 12.0. The first-order valence-electron chi connectivity index (χ1n) is 6.66. The Balaban J connectivity index is 2.37. The molecule has 1 N–H and O–H groups in total. The zero-order chi connectivity index (χ0) is 12.7. The minimum Gasteiger partial charge on any atom is -0.381 e. The summed E-state index contributed by atoms with van der Waals surface area (Å²) >= 11 is 6.19. The minimum absolute atomic E-state index is 0.493. The van der Waals surface area contributed by atoms with Crippen molar-refractivity contribution in [3.05, 3.63) is 28.8 Å². The summed E-state index contributed by atoms with van der Waals surface area (Å²) in [6, 6.07) is 6.67. The highest BCUT2D eigenvalue weighted by atomic mass is 35.5. The number of nitrogens with one attached hydrogen (secondary N) is 1. The molecule has 0 aromatic heterocycles. The second-order valence-electron chi connectivity index (χ2n) is 4.88. The van der Waals surface area contributed by atoms with Gasteiger partial charge in [0.2, 0.25) is 0 Å². The lowest BCUT2D eigenvalue weighted by Gasteiger charge is -2.16. The smallest absolute Gasteiger partial charge is 0.0640 e. The third-order valence-electron chi connectivity index (χ3n) is 3.02. The van der Waals surface area contributed by atoms with E-state index in [2.05, 4.69) is 38.2 Å². The fourth-order valence-electron chi connectivity index (χ4n) is 1.95. The van der Waals surface area contributed by atoms with Crippen LogP contribution in [0.3, 0.4) is 0 Å². The summed E-state index contributed by atoms with van der Waals surface area (Å²) in [6.07, 6.45) is 6.49. The summed E-state index contributed by atoms with van der Waals surface area (Å²) in [6.45, 7) is 6.53. The van der Waals surface area contributed by atoms with Crippen LogP contribution < -0.4 is 5.32 Å². The average molecular weight is 254 g/mol. The molecule has 1 nitrogen and oxygen atoms in total. The maximum absolute atomic E-state index is 6.19. The van der Waals surface area contributed by atoms with Gasteiger partial charge in [-0.15, -0.1) is 0 Å². The van der Waals surface area contributed by atoms with Crippen LogP contribution in [0.1, 0.15) is 51.5 Å². The molecule has 1 aromatic carbocycles. The molecule has 1 rings (SSSR count). The van der Waals surface area contributed by atoms with Gasteiger partial charge in [0.15, 0.2) is 0 Å². The van der Waals surface area contributed by atoms with Crippen molar-refractivity contribution in [3.63, 3.8) is 0 Å². The summed E-state index contributed by atoms with van der Waals surface area (Å²) in [7, 11) is 0. The molecule has 0 aliphatic rings. The Hall–Kier alpha value is -0.690. The van der Waals surface area contributed by atoms with Crippen molar-refractivity contribution in [2.45, 2.75) is 58.9 Å². The Labute approximate surface area is 111 Å². The number of halogens is 1. The van der Waals surface area contributed by atoms with Gasteiger partial charge in [0, 0.05) is 6.04 Å². The lowest BCUT2D eigenvalue weighted by atomic mass is 10.1. The Kier molecular flexibility index (Phi) is 6.43. The number of hydrogen-bond donors (Lipinski definition) is 1. The summed E-state index contributed by atoms with van der Waals surface area (Å²) < 4.78 is 0. The van der Waals surface area contributed by atoms with Crippen LogP contribution in [0, 0.1) is 6.92 Å². The molecule has 0 bridgehead atoms. The van der Waals surface area contributed by atoms with Gasteiger partial charge >= 0.3 is 0 Å². The fraction of sp³-hybridized carbons (Fsp3) is 0.600. The van der Waals surface area contributed by atoms with E-state index in [1.807, 2.05) is 6.07 Å². The third-order valence-corrected chi connectivity index (χ3v) is 3.33. The molecule has 17 heavy (non-hydrogen) atoms. The lowest BCUT2D eigenvalue weighted by Crippen LogP contribution is -2.15. The van der Waals surface area contributed by atoms with Gasteiger partial charge in [-0.1, -0.05) is 50.3 Å². The van der Waals surface area contributed by atoms with E-state index in [9.17, 15) is 0 Å². The standard InChI is InChI=1S/C15H24ClN/c1-4-5-6-7-8-13(3)17-15-10-9-12(2)11-14(15)16/h9-11,13,17H,4-8H2,1-3H3. The van der Waals surface area contributed by atoms with Crippen molar-refractivity contribution in [2.75, 3.05) is 5.32 Å². The van der Waals surface area contributed by atoms with Crippen LogP contribution in [0.5, 0.6) is 0 Å². The zero-order valence-electron chi connectivity index (χ0n) is 11.2. The molecule has 0 aliphatic carbocycles. The highest BCUT2D eigenvalue weighted by Gasteiger charge is 2.05. The molecule has 0 saturated heterocycles. The van der Waals surface area contributed by atoms with Crippen molar-refractivity contribution < 1.29 is 0 Å². The van der Waals surface area contributed by atoms with Gasteiger partial charge in [-0.2, -0.15) is 0 Å². The van der Waals surface area contributed by atoms with Gasteiger partial charge < -0.3 is 5.32 Å². The minimum atomic E-state index is 0.493. The number of benzene rings is 1. The van der Waals surface area contributed by atoms with Gasteiger partial charge in [-0.05, 0) is 38.0 Å². The monoisotopic (exact) mass is 253 g/mol. The van der Waals surface area contributed by atoms with Crippen molar-refractivity contribution in [3.8, 4) is 0 Å². The van der Waals surface area contributed by atoms with E-state index in [0.717, 1.165) is 10.7 Å². The largest absolute Gasteiger partial charge is 0.381 e. The molecular formula is C15H24ClN. The Bertz CT molecular complexity index is 336. The molecule has 2 heteroatoms. The van der Waals surface area contributed by atoms with Gasteiger partial charge in [-0.3, -0.25) is 0 Å². The van der Waals surface area contributed by atoms with E-state index in [1.165, 1.54) is 37.7 Å². The van der Waals surface area contributed by atoms with Gasteiger partial charge in [-0.25, -0.2) is 0 Å². The molecule has 1 aromatic rings. The first-order valence-corrected chi connectivity index (χ1v) is 7.04. The maximum Gasteiger partial charge on any atom is 0.0640 e. The molecule has 1 unspecified atom stereocenters. The highest BCUT2D eigenvalue weighted by Crippen LogP contribution is 2.24. The molecular weight excluding hydrogens is 230 g/mol. The molecule has 0 saturated carbocycles. The molecule has 96 valence electrons. The van der Waals surface area contributed by atoms with Crippen molar-refractivity contribution in [1.82, 2.24) is 0 Å². The number of anilines is 1. The summed E-state index contributed by atoms with van der Waals surface area (Å²) in [5.41, 5.74) is 2.26. The molecule has 0 aliphatic heterocycles. The van der Waals surface area contributed by atoms with Crippen LogP contribution in [-0.2, 0) is 0 Å². The van der Waals surface area contributed by atoms with Gasteiger partial charge in [0.05, 0.1) is 10.7 Å². The summed E-state index contributed by atoms with van der Waals surface area (Å²) in [5, 5.41) is 4.31. The Morgan fingerprint density at radius 1 is 1.24 bits per heavy atom. The van der Waals surface area contributed by atoms with Crippen LogP contribution in [0.2, 0.25) is 5.02 Å². The third kappa shape index (κ3) is 5.45. The van der Waals surface area contributed by atoms with E-state index in [1.54, 1.807) is 0 Å². The maximum atomic E-state index is 6.19. The SMILES string of the molecule is CCCCCCC(C)Nc1ccc(C)cc1Cl. The number of aryl methyl sites for hydroxylation is 1. The van der Waals surface area contributed by atoms with E-state index >= 15 is 0 Å². The first-order chi connectivity index (χ1) is 8.13. The highest BCUT2D eigenvalue weighted by molar-refractivity contribution is 6.33. The van der Waals surface area contributed by atoms with Gasteiger partial charge in [0.25, 0.3) is 0 Å². The summed E-state index contributed by atoms with van der Waals surface area (Å²) in [5.74, 6) is 0. The van der Waals surface area contributed by atoms with Crippen LogP contribution in [-0.4, -0.2) is 6.04 Å². The van der Waals surface area contributed by atoms with Crippen molar-refractivity contribution in [1.29, 1.82) is 0 Å². The predicted octanol–water partition coefficient (Wildman–Crippen LogP) is 5.42. The second kappa shape index (κ2) is 7.60. The summed E-state index contributed by atoms with van der Waals surface area (Å²) in [4.78, 5) is 0. The van der Waals surface area contributed by atoms with E-state index in [0.29, 0.717) is 6.04 Å². The van der Waals surface area contributed by atoms with Crippen LogP contribution in [0.4, 0.5) is 5.69 Å². The average Bonchev–Trinajstić information content (AvgIpc) is 2.28. The van der Waals surface area contributed by atoms with Crippen molar-refractivity contribution >= 4 is 17.3 Å². The van der Waals surface area contributed by atoms with Crippen molar-refractivity contribution in [2.24, 2.45) is 0 Å². The lowest BCUT2D eigenvalue weighted by molar-refractivity contribution is 0.594. The fourth-order valence-corrected chi connectivity index (χ4v) is 2.24.